The first kappa shape index (κ1) is 14.8. The normalized spacial score (nSPS) is 15.3. The Labute approximate surface area is 121 Å². The largest absolute Gasteiger partial charge is 0.368 e. The Morgan fingerprint density at radius 3 is 2.60 bits per heavy atom. The number of rotatable bonds is 7. The molecule has 1 aliphatic rings. The molecule has 6 nitrogen and oxygen atoms in total. The summed E-state index contributed by atoms with van der Waals surface area (Å²) in [5, 5.41) is 3.25. The molecule has 112 valence electrons. The lowest BCUT2D eigenvalue weighted by atomic mass is 10.1. The molecule has 1 aromatic rings. The van der Waals surface area contributed by atoms with Crippen LogP contribution in [0, 0.1) is 0 Å². The number of hydrogen-bond acceptors (Lipinski definition) is 6. The van der Waals surface area contributed by atoms with Gasteiger partial charge in [-0.1, -0.05) is 26.2 Å². The van der Waals surface area contributed by atoms with Crippen molar-refractivity contribution in [2.75, 3.05) is 35.6 Å². The lowest BCUT2D eigenvalue weighted by Gasteiger charge is -2.26. The van der Waals surface area contributed by atoms with Gasteiger partial charge in [-0.2, -0.15) is 15.0 Å². The van der Waals surface area contributed by atoms with Gasteiger partial charge in [0.1, 0.15) is 0 Å². The summed E-state index contributed by atoms with van der Waals surface area (Å²) >= 11 is 0. The third-order valence-corrected chi connectivity index (χ3v) is 3.59. The highest BCUT2D eigenvalue weighted by molar-refractivity contribution is 5.42. The van der Waals surface area contributed by atoms with Crippen molar-refractivity contribution in [2.45, 2.75) is 51.9 Å². The number of nitrogens with one attached hydrogen (secondary N) is 1. The second-order valence-electron chi connectivity index (χ2n) is 5.35. The molecule has 1 aromatic heterocycles. The summed E-state index contributed by atoms with van der Waals surface area (Å²) in [5.74, 6) is 1.62. The first-order chi connectivity index (χ1) is 9.79. The molecule has 1 saturated heterocycles. The van der Waals surface area contributed by atoms with Crippen molar-refractivity contribution in [1.29, 1.82) is 0 Å². The lowest BCUT2D eigenvalue weighted by molar-refractivity contribution is 0.568. The minimum absolute atomic E-state index is 0.302. The molecule has 0 bridgehead atoms. The summed E-state index contributed by atoms with van der Waals surface area (Å²) < 4.78 is 0. The van der Waals surface area contributed by atoms with Crippen LogP contribution >= 0.6 is 0 Å². The van der Waals surface area contributed by atoms with Crippen LogP contribution in [-0.2, 0) is 0 Å². The number of nitrogens with zero attached hydrogens (tertiary/aromatic N) is 4. The van der Waals surface area contributed by atoms with Crippen LogP contribution in [0.3, 0.4) is 0 Å². The highest BCUT2D eigenvalue weighted by Gasteiger charge is 2.15. The molecule has 20 heavy (non-hydrogen) atoms. The molecule has 3 N–H and O–H groups in total. The second kappa shape index (κ2) is 7.87. The number of nitrogen functional groups attached to an aromatic ring is 1. The van der Waals surface area contributed by atoms with Gasteiger partial charge in [0.05, 0.1) is 0 Å². The van der Waals surface area contributed by atoms with Crippen LogP contribution in [0.25, 0.3) is 0 Å². The molecule has 2 rings (SSSR count). The summed E-state index contributed by atoms with van der Waals surface area (Å²) in [6.45, 7) is 5.13. The topological polar surface area (TPSA) is 80.0 Å². The number of anilines is 3. The Bertz CT molecular complexity index is 403. The first-order valence-corrected chi connectivity index (χ1v) is 7.80. The van der Waals surface area contributed by atoms with Gasteiger partial charge < -0.3 is 16.0 Å². The SMILES string of the molecule is CCCCCCNc1nc(N)nc(N2CCCCC2)n1. The van der Waals surface area contributed by atoms with E-state index in [1.807, 2.05) is 0 Å². The minimum atomic E-state index is 0.302. The molecular formula is C14H26N6. The molecule has 0 aliphatic carbocycles. The van der Waals surface area contributed by atoms with Crippen LogP contribution in [-0.4, -0.2) is 34.6 Å². The molecule has 0 spiro atoms. The lowest BCUT2D eigenvalue weighted by Crippen LogP contribution is -2.31. The van der Waals surface area contributed by atoms with E-state index >= 15 is 0 Å². The van der Waals surface area contributed by atoms with Gasteiger partial charge in [-0.05, 0) is 25.7 Å². The maximum atomic E-state index is 5.79. The Morgan fingerprint density at radius 1 is 1.05 bits per heavy atom. The van der Waals surface area contributed by atoms with Gasteiger partial charge in [-0.25, -0.2) is 0 Å². The molecule has 0 radical (unpaired) electrons. The molecule has 1 fully saturated rings. The molecule has 0 unspecified atom stereocenters. The van der Waals surface area contributed by atoms with Gasteiger partial charge >= 0.3 is 0 Å². The average Bonchev–Trinajstić information content (AvgIpc) is 2.47. The summed E-state index contributed by atoms with van der Waals surface area (Å²) in [6.07, 6.45) is 8.59. The average molecular weight is 278 g/mol. The highest BCUT2D eigenvalue weighted by Crippen LogP contribution is 2.17. The van der Waals surface area contributed by atoms with E-state index in [-0.39, 0.29) is 0 Å². The molecule has 1 aliphatic heterocycles. The third kappa shape index (κ3) is 4.51. The fourth-order valence-corrected chi connectivity index (χ4v) is 2.45. The predicted molar refractivity (Wildman–Crippen MR) is 82.9 cm³/mol. The molecule has 6 heteroatoms. The number of aromatic nitrogens is 3. The standard InChI is InChI=1S/C14H26N6/c1-2-3-4-6-9-16-13-17-12(15)18-14(19-13)20-10-7-5-8-11-20/h2-11H2,1H3,(H3,15,16,17,18,19). The van der Waals surface area contributed by atoms with E-state index in [1.54, 1.807) is 0 Å². The van der Waals surface area contributed by atoms with Gasteiger partial charge in [-0.15, -0.1) is 0 Å². The van der Waals surface area contributed by atoms with Crippen LogP contribution in [0.5, 0.6) is 0 Å². The maximum absolute atomic E-state index is 5.79. The van der Waals surface area contributed by atoms with E-state index in [0.717, 1.165) is 26.1 Å². The Balaban J connectivity index is 1.90. The zero-order valence-electron chi connectivity index (χ0n) is 12.4. The molecular weight excluding hydrogens is 252 g/mol. The first-order valence-electron chi connectivity index (χ1n) is 7.80. The zero-order chi connectivity index (χ0) is 14.2. The van der Waals surface area contributed by atoms with Crippen LogP contribution in [0.2, 0.25) is 0 Å². The van der Waals surface area contributed by atoms with Gasteiger partial charge in [0.2, 0.25) is 17.8 Å². The van der Waals surface area contributed by atoms with Gasteiger partial charge in [0.25, 0.3) is 0 Å². The molecule has 2 heterocycles. The van der Waals surface area contributed by atoms with E-state index in [0.29, 0.717) is 17.8 Å². The van der Waals surface area contributed by atoms with Crippen molar-refractivity contribution in [3.63, 3.8) is 0 Å². The van der Waals surface area contributed by atoms with E-state index in [2.05, 4.69) is 32.1 Å². The molecule has 0 saturated carbocycles. The molecule has 0 aromatic carbocycles. The monoisotopic (exact) mass is 278 g/mol. The van der Waals surface area contributed by atoms with Crippen LogP contribution in [0.1, 0.15) is 51.9 Å². The van der Waals surface area contributed by atoms with Crippen molar-refractivity contribution < 1.29 is 0 Å². The van der Waals surface area contributed by atoms with E-state index in [4.69, 9.17) is 5.73 Å². The second-order valence-corrected chi connectivity index (χ2v) is 5.35. The van der Waals surface area contributed by atoms with E-state index < -0.39 is 0 Å². The minimum Gasteiger partial charge on any atom is -0.368 e. The third-order valence-electron chi connectivity index (χ3n) is 3.59. The van der Waals surface area contributed by atoms with Crippen molar-refractivity contribution in [1.82, 2.24) is 15.0 Å². The highest BCUT2D eigenvalue weighted by atomic mass is 15.3. The maximum Gasteiger partial charge on any atom is 0.231 e. The van der Waals surface area contributed by atoms with Gasteiger partial charge in [0.15, 0.2) is 0 Å². The summed E-state index contributed by atoms with van der Waals surface area (Å²) in [5.41, 5.74) is 5.79. The van der Waals surface area contributed by atoms with Crippen molar-refractivity contribution >= 4 is 17.8 Å². The van der Waals surface area contributed by atoms with Crippen LogP contribution < -0.4 is 16.0 Å². The van der Waals surface area contributed by atoms with Crippen molar-refractivity contribution in [3.8, 4) is 0 Å². The fraction of sp³-hybridized carbons (Fsp3) is 0.786. The summed E-state index contributed by atoms with van der Waals surface area (Å²) in [6, 6.07) is 0. The molecule has 0 amide bonds. The van der Waals surface area contributed by atoms with Crippen molar-refractivity contribution in [3.05, 3.63) is 0 Å². The summed E-state index contributed by atoms with van der Waals surface area (Å²) in [7, 11) is 0. The van der Waals surface area contributed by atoms with Crippen LogP contribution in [0.4, 0.5) is 17.8 Å². The Morgan fingerprint density at radius 2 is 1.85 bits per heavy atom. The quantitative estimate of drug-likeness (QED) is 0.746. The number of hydrogen-bond donors (Lipinski definition) is 2. The van der Waals surface area contributed by atoms with Gasteiger partial charge in [0, 0.05) is 19.6 Å². The summed E-state index contributed by atoms with van der Waals surface area (Å²) in [4.78, 5) is 15.1. The number of piperidine rings is 1. The Hall–Kier alpha value is -1.59. The zero-order valence-corrected chi connectivity index (χ0v) is 12.4. The molecule has 0 atom stereocenters. The van der Waals surface area contributed by atoms with Crippen molar-refractivity contribution in [2.24, 2.45) is 0 Å². The number of unbranched alkanes of at least 4 members (excludes halogenated alkanes) is 3. The fourth-order valence-electron chi connectivity index (χ4n) is 2.45. The predicted octanol–water partition coefficient (Wildman–Crippen LogP) is 2.44. The Kier molecular flexibility index (Phi) is 5.83. The number of nitrogens with two attached hydrogens (primary N) is 1. The van der Waals surface area contributed by atoms with Crippen LogP contribution in [0.15, 0.2) is 0 Å². The van der Waals surface area contributed by atoms with E-state index in [9.17, 15) is 0 Å². The van der Waals surface area contributed by atoms with E-state index in [1.165, 1.54) is 38.5 Å². The van der Waals surface area contributed by atoms with Gasteiger partial charge in [-0.3, -0.25) is 0 Å². The smallest absolute Gasteiger partial charge is 0.231 e.